The number of benzene rings is 2. The SMILES string of the molecule is O=C(Cc1coc2ccc(Cl)cc12)Nc1nc(-c2ccc(S(=O)(=O)N3CCCCCC3)cc2)cs1. The summed E-state index contributed by atoms with van der Waals surface area (Å²) in [5.41, 5.74) is 2.88. The zero-order valence-electron chi connectivity index (χ0n) is 18.9. The van der Waals surface area contributed by atoms with E-state index in [1.165, 1.54) is 11.3 Å². The van der Waals surface area contributed by atoms with Gasteiger partial charge in [0, 0.05) is 40.0 Å². The van der Waals surface area contributed by atoms with Crippen LogP contribution in [-0.4, -0.2) is 36.7 Å². The molecule has 0 radical (unpaired) electrons. The largest absolute Gasteiger partial charge is 0.464 e. The average molecular weight is 530 g/mol. The number of nitrogens with one attached hydrogen (secondary N) is 1. The molecule has 5 rings (SSSR count). The molecule has 0 bridgehead atoms. The summed E-state index contributed by atoms with van der Waals surface area (Å²) in [6.07, 6.45) is 5.63. The monoisotopic (exact) mass is 529 g/mol. The zero-order chi connectivity index (χ0) is 24.4. The molecule has 0 saturated carbocycles. The molecule has 10 heteroatoms. The van der Waals surface area contributed by atoms with Gasteiger partial charge in [-0.15, -0.1) is 11.3 Å². The minimum Gasteiger partial charge on any atom is -0.464 e. The Bertz CT molecular complexity index is 1450. The van der Waals surface area contributed by atoms with E-state index in [1.807, 2.05) is 5.38 Å². The standard InChI is InChI=1S/C25H24ClN3O4S2/c26-19-7-10-23-21(14-19)18(15-33-23)13-24(30)28-25-27-22(16-34-25)17-5-8-20(9-6-17)35(31,32)29-11-3-1-2-4-12-29/h5-10,14-16H,1-4,11-13H2,(H,27,28,30). The van der Waals surface area contributed by atoms with Crippen molar-refractivity contribution in [2.24, 2.45) is 0 Å². The van der Waals surface area contributed by atoms with Crippen LogP contribution in [-0.2, 0) is 21.2 Å². The Morgan fingerprint density at radius 1 is 1.09 bits per heavy atom. The molecule has 182 valence electrons. The van der Waals surface area contributed by atoms with E-state index in [0.29, 0.717) is 39.4 Å². The molecule has 1 saturated heterocycles. The summed E-state index contributed by atoms with van der Waals surface area (Å²) in [7, 11) is -3.50. The van der Waals surface area contributed by atoms with Crippen LogP contribution in [0.2, 0.25) is 5.02 Å². The maximum absolute atomic E-state index is 13.0. The van der Waals surface area contributed by atoms with Crippen molar-refractivity contribution in [3.63, 3.8) is 0 Å². The van der Waals surface area contributed by atoms with Crippen LogP contribution in [0.1, 0.15) is 31.2 Å². The Kier molecular flexibility index (Phi) is 6.93. The molecule has 1 aliphatic rings. The quantitative estimate of drug-likeness (QED) is 0.333. The van der Waals surface area contributed by atoms with Crippen LogP contribution in [0.4, 0.5) is 5.13 Å². The summed E-state index contributed by atoms with van der Waals surface area (Å²) in [5, 5.41) is 6.52. The Morgan fingerprint density at radius 2 is 1.83 bits per heavy atom. The minimum atomic E-state index is -3.50. The summed E-state index contributed by atoms with van der Waals surface area (Å²) in [5.74, 6) is -0.215. The van der Waals surface area contributed by atoms with E-state index in [4.69, 9.17) is 16.0 Å². The molecule has 0 atom stereocenters. The number of fused-ring (bicyclic) bond motifs is 1. The first kappa shape index (κ1) is 24.0. The molecular formula is C25H24ClN3O4S2. The average Bonchev–Trinajstić information content (AvgIpc) is 3.36. The second-order valence-corrected chi connectivity index (χ2v) is 11.7. The van der Waals surface area contributed by atoms with Gasteiger partial charge >= 0.3 is 0 Å². The molecule has 1 amide bonds. The Labute approximate surface area is 212 Å². The summed E-state index contributed by atoms with van der Waals surface area (Å²) < 4.78 is 33.1. The van der Waals surface area contributed by atoms with E-state index in [-0.39, 0.29) is 12.3 Å². The lowest BCUT2D eigenvalue weighted by Gasteiger charge is -2.19. The number of anilines is 1. The van der Waals surface area contributed by atoms with Crippen LogP contribution < -0.4 is 5.32 Å². The van der Waals surface area contributed by atoms with E-state index in [2.05, 4.69) is 10.3 Å². The highest BCUT2D eigenvalue weighted by molar-refractivity contribution is 7.89. The van der Waals surface area contributed by atoms with Crippen molar-refractivity contribution in [3.8, 4) is 11.3 Å². The first-order valence-electron chi connectivity index (χ1n) is 11.4. The number of rotatable bonds is 6. The molecule has 0 unspecified atom stereocenters. The van der Waals surface area contributed by atoms with Gasteiger partial charge < -0.3 is 9.73 Å². The maximum atomic E-state index is 13.0. The zero-order valence-corrected chi connectivity index (χ0v) is 21.3. The van der Waals surface area contributed by atoms with Crippen LogP contribution >= 0.6 is 22.9 Å². The smallest absolute Gasteiger partial charge is 0.243 e. The van der Waals surface area contributed by atoms with Crippen LogP contribution in [0.5, 0.6) is 0 Å². The number of furan rings is 1. The molecule has 2 aromatic carbocycles. The lowest BCUT2D eigenvalue weighted by atomic mass is 10.1. The number of hydrogen-bond acceptors (Lipinski definition) is 6. The molecular weight excluding hydrogens is 506 g/mol. The van der Waals surface area contributed by atoms with Gasteiger partial charge in [0.15, 0.2) is 5.13 Å². The summed E-state index contributed by atoms with van der Waals surface area (Å²) in [4.78, 5) is 17.4. The second-order valence-electron chi connectivity index (χ2n) is 8.51. The topological polar surface area (TPSA) is 92.5 Å². The van der Waals surface area contributed by atoms with Crippen LogP contribution in [0, 0.1) is 0 Å². The minimum absolute atomic E-state index is 0.130. The van der Waals surface area contributed by atoms with Crippen molar-refractivity contribution in [1.82, 2.24) is 9.29 Å². The number of hydrogen-bond donors (Lipinski definition) is 1. The molecule has 0 spiro atoms. The van der Waals surface area contributed by atoms with Gasteiger partial charge in [0.1, 0.15) is 5.58 Å². The highest BCUT2D eigenvalue weighted by Gasteiger charge is 2.25. The fourth-order valence-electron chi connectivity index (χ4n) is 4.22. The van der Waals surface area contributed by atoms with Gasteiger partial charge in [-0.05, 0) is 43.2 Å². The van der Waals surface area contributed by atoms with Crippen molar-refractivity contribution in [3.05, 3.63) is 64.7 Å². The van der Waals surface area contributed by atoms with Gasteiger partial charge in [0.25, 0.3) is 0 Å². The van der Waals surface area contributed by atoms with Gasteiger partial charge in [-0.2, -0.15) is 4.31 Å². The molecule has 4 aromatic rings. The van der Waals surface area contributed by atoms with Crippen molar-refractivity contribution >= 4 is 55.0 Å². The van der Waals surface area contributed by atoms with E-state index >= 15 is 0 Å². The van der Waals surface area contributed by atoms with Crippen molar-refractivity contribution < 1.29 is 17.6 Å². The number of carbonyl (C=O) groups excluding carboxylic acids is 1. The highest BCUT2D eigenvalue weighted by atomic mass is 35.5. The maximum Gasteiger partial charge on any atom is 0.243 e. The van der Waals surface area contributed by atoms with Crippen molar-refractivity contribution in [2.45, 2.75) is 37.0 Å². The predicted octanol–water partition coefficient (Wildman–Crippen LogP) is 5.96. The first-order chi connectivity index (χ1) is 16.9. The number of carbonyl (C=O) groups is 1. The van der Waals surface area contributed by atoms with E-state index in [0.717, 1.165) is 42.2 Å². The van der Waals surface area contributed by atoms with Crippen molar-refractivity contribution in [1.29, 1.82) is 0 Å². The van der Waals surface area contributed by atoms with E-state index in [1.54, 1.807) is 53.0 Å². The third-order valence-electron chi connectivity index (χ3n) is 6.07. The Hall–Kier alpha value is -2.72. The predicted molar refractivity (Wildman–Crippen MR) is 138 cm³/mol. The molecule has 1 fully saturated rings. The molecule has 1 aliphatic heterocycles. The number of amides is 1. The van der Waals surface area contributed by atoms with Gasteiger partial charge in [-0.1, -0.05) is 36.6 Å². The van der Waals surface area contributed by atoms with Crippen LogP contribution in [0.3, 0.4) is 0 Å². The normalized spacial score (nSPS) is 15.2. The lowest BCUT2D eigenvalue weighted by Crippen LogP contribution is -2.31. The molecule has 7 nitrogen and oxygen atoms in total. The molecule has 2 aromatic heterocycles. The number of halogens is 1. The first-order valence-corrected chi connectivity index (χ1v) is 14.1. The van der Waals surface area contributed by atoms with Gasteiger partial charge in [0.2, 0.25) is 15.9 Å². The number of aromatic nitrogens is 1. The summed E-state index contributed by atoms with van der Waals surface area (Å²) >= 11 is 7.38. The third kappa shape index (κ3) is 5.28. The second kappa shape index (κ2) is 10.1. The fourth-order valence-corrected chi connectivity index (χ4v) is 6.64. The Morgan fingerprint density at radius 3 is 2.57 bits per heavy atom. The fraction of sp³-hybridized carbons (Fsp3) is 0.280. The van der Waals surface area contributed by atoms with Crippen LogP contribution in [0.25, 0.3) is 22.2 Å². The van der Waals surface area contributed by atoms with E-state index in [9.17, 15) is 13.2 Å². The van der Waals surface area contributed by atoms with Gasteiger partial charge in [-0.3, -0.25) is 4.79 Å². The van der Waals surface area contributed by atoms with Gasteiger partial charge in [-0.25, -0.2) is 13.4 Å². The lowest BCUT2D eigenvalue weighted by molar-refractivity contribution is -0.115. The molecule has 35 heavy (non-hydrogen) atoms. The van der Waals surface area contributed by atoms with E-state index < -0.39 is 10.0 Å². The summed E-state index contributed by atoms with van der Waals surface area (Å²) in [6, 6.07) is 12.1. The third-order valence-corrected chi connectivity index (χ3v) is 8.98. The Balaban J connectivity index is 1.26. The summed E-state index contributed by atoms with van der Waals surface area (Å²) in [6.45, 7) is 1.14. The molecule has 3 heterocycles. The van der Waals surface area contributed by atoms with Gasteiger partial charge in [0.05, 0.1) is 23.3 Å². The highest BCUT2D eigenvalue weighted by Crippen LogP contribution is 2.29. The number of thiazole rings is 1. The molecule has 1 N–H and O–H groups in total. The van der Waals surface area contributed by atoms with Crippen LogP contribution in [0.15, 0.2) is 63.4 Å². The molecule has 0 aliphatic carbocycles. The number of sulfonamides is 1. The number of nitrogens with zero attached hydrogens (tertiary/aromatic N) is 2. The van der Waals surface area contributed by atoms with Crippen molar-refractivity contribution in [2.75, 3.05) is 18.4 Å².